The molecule has 0 saturated carbocycles. The molecule has 0 fully saturated rings. The van der Waals surface area contributed by atoms with Gasteiger partial charge in [-0.2, -0.15) is 0 Å². The average Bonchev–Trinajstić information content (AvgIpc) is 2.46. The van der Waals surface area contributed by atoms with E-state index in [2.05, 4.69) is 15.0 Å². The van der Waals surface area contributed by atoms with Gasteiger partial charge in [0.05, 0.1) is 5.69 Å². The van der Waals surface area contributed by atoms with E-state index in [0.29, 0.717) is 21.6 Å². The number of aryl methyl sites for hydroxylation is 1. The molecular weight excluding hydrogens is 305 g/mol. The summed E-state index contributed by atoms with van der Waals surface area (Å²) in [5.41, 5.74) is 3.26. The second-order valence-electron chi connectivity index (χ2n) is 4.59. The third-order valence-corrected chi connectivity index (χ3v) is 3.37. The molecule has 0 aliphatic rings. The molecule has 5 heteroatoms. The maximum atomic E-state index is 6.04. The van der Waals surface area contributed by atoms with Crippen molar-refractivity contribution in [2.45, 2.75) is 6.92 Å². The van der Waals surface area contributed by atoms with Gasteiger partial charge in [0.1, 0.15) is 5.69 Å². The fraction of sp³-hybridized carbons (Fsp3) is 0.0625. The molecule has 0 atom stereocenters. The highest BCUT2D eigenvalue weighted by Crippen LogP contribution is 2.27. The number of rotatable bonds is 2. The minimum absolute atomic E-state index is 0.580. The summed E-state index contributed by atoms with van der Waals surface area (Å²) in [7, 11) is 0. The summed E-state index contributed by atoms with van der Waals surface area (Å²) in [5, 5.41) is 1.16. The molecule has 0 unspecified atom stereocenters. The highest BCUT2D eigenvalue weighted by atomic mass is 35.5. The third-order valence-electron chi connectivity index (χ3n) is 2.93. The Morgan fingerprint density at radius 3 is 2.29 bits per heavy atom. The lowest BCUT2D eigenvalue weighted by Gasteiger charge is -2.05. The molecule has 0 aliphatic carbocycles. The Hall–Kier alpha value is -1.97. The van der Waals surface area contributed by atoms with Gasteiger partial charge in [-0.1, -0.05) is 29.3 Å². The van der Waals surface area contributed by atoms with E-state index in [1.165, 1.54) is 0 Å². The summed E-state index contributed by atoms with van der Waals surface area (Å²) in [4.78, 5) is 13.2. The molecule has 0 N–H and O–H groups in total. The molecule has 2 heterocycles. The molecule has 0 amide bonds. The van der Waals surface area contributed by atoms with Crippen LogP contribution in [0.15, 0.2) is 48.7 Å². The van der Waals surface area contributed by atoms with Crippen molar-refractivity contribution in [1.29, 1.82) is 0 Å². The highest BCUT2D eigenvalue weighted by molar-refractivity contribution is 6.35. The normalized spacial score (nSPS) is 10.6. The van der Waals surface area contributed by atoms with E-state index in [4.69, 9.17) is 23.2 Å². The number of pyridine rings is 1. The van der Waals surface area contributed by atoms with Crippen molar-refractivity contribution < 1.29 is 0 Å². The standard InChI is InChI=1S/C16H11Cl2N3/c1-10-5-6-19-16(20-10)15-4-2-3-14(21-15)11-7-12(17)9-13(18)8-11/h2-9H,1H3. The van der Waals surface area contributed by atoms with Crippen LogP contribution in [0, 0.1) is 6.92 Å². The quantitative estimate of drug-likeness (QED) is 0.680. The van der Waals surface area contributed by atoms with Crippen molar-refractivity contribution in [3.8, 4) is 22.8 Å². The summed E-state index contributed by atoms with van der Waals surface area (Å²) in [5.74, 6) is 0.602. The summed E-state index contributed by atoms with van der Waals surface area (Å²) < 4.78 is 0. The van der Waals surface area contributed by atoms with Gasteiger partial charge in [0, 0.05) is 27.5 Å². The van der Waals surface area contributed by atoms with Crippen molar-refractivity contribution in [2.24, 2.45) is 0 Å². The molecule has 2 aromatic heterocycles. The largest absolute Gasteiger partial charge is 0.244 e. The van der Waals surface area contributed by atoms with Gasteiger partial charge >= 0.3 is 0 Å². The van der Waals surface area contributed by atoms with Crippen LogP contribution in [0.2, 0.25) is 10.0 Å². The third kappa shape index (κ3) is 3.20. The van der Waals surface area contributed by atoms with Crippen LogP contribution in [-0.2, 0) is 0 Å². The second-order valence-corrected chi connectivity index (χ2v) is 5.46. The van der Waals surface area contributed by atoms with Gasteiger partial charge in [-0.15, -0.1) is 0 Å². The number of benzene rings is 1. The second kappa shape index (κ2) is 5.80. The average molecular weight is 316 g/mol. The molecule has 104 valence electrons. The molecule has 1 aromatic carbocycles. The first-order valence-corrected chi connectivity index (χ1v) is 7.11. The monoisotopic (exact) mass is 315 g/mol. The number of aromatic nitrogens is 3. The van der Waals surface area contributed by atoms with Gasteiger partial charge < -0.3 is 0 Å². The van der Waals surface area contributed by atoms with Crippen LogP contribution in [0.5, 0.6) is 0 Å². The van der Waals surface area contributed by atoms with Crippen LogP contribution in [0.25, 0.3) is 22.8 Å². The molecule has 0 spiro atoms. The highest BCUT2D eigenvalue weighted by Gasteiger charge is 2.07. The maximum absolute atomic E-state index is 6.04. The Morgan fingerprint density at radius 2 is 1.57 bits per heavy atom. The fourth-order valence-electron chi connectivity index (χ4n) is 1.99. The number of halogens is 2. The minimum atomic E-state index is 0.580. The van der Waals surface area contributed by atoms with Crippen molar-refractivity contribution >= 4 is 23.2 Å². The zero-order valence-corrected chi connectivity index (χ0v) is 12.7. The topological polar surface area (TPSA) is 38.7 Å². The van der Waals surface area contributed by atoms with E-state index >= 15 is 0 Å². The van der Waals surface area contributed by atoms with E-state index in [1.807, 2.05) is 43.3 Å². The Labute approximate surface area is 132 Å². The van der Waals surface area contributed by atoms with Gasteiger partial charge in [0.15, 0.2) is 5.82 Å². The summed E-state index contributed by atoms with van der Waals surface area (Å²) >= 11 is 12.1. The maximum Gasteiger partial charge on any atom is 0.178 e. The molecule has 0 bridgehead atoms. The van der Waals surface area contributed by atoms with Crippen molar-refractivity contribution in [3.63, 3.8) is 0 Å². The SMILES string of the molecule is Cc1ccnc(-c2cccc(-c3cc(Cl)cc(Cl)c3)n2)n1. The fourth-order valence-corrected chi connectivity index (χ4v) is 2.52. The van der Waals surface area contributed by atoms with Gasteiger partial charge in [-0.05, 0) is 43.3 Å². The van der Waals surface area contributed by atoms with Crippen molar-refractivity contribution in [2.75, 3.05) is 0 Å². The summed E-state index contributed by atoms with van der Waals surface area (Å²) in [6.07, 6.45) is 1.72. The van der Waals surface area contributed by atoms with E-state index in [0.717, 1.165) is 17.0 Å². The number of hydrogen-bond donors (Lipinski definition) is 0. The van der Waals surface area contributed by atoms with Gasteiger partial charge in [-0.25, -0.2) is 15.0 Å². The van der Waals surface area contributed by atoms with E-state index in [-0.39, 0.29) is 0 Å². The summed E-state index contributed by atoms with van der Waals surface area (Å²) in [6.45, 7) is 1.92. The first-order valence-electron chi connectivity index (χ1n) is 6.35. The molecular formula is C16H11Cl2N3. The molecule has 3 aromatic rings. The number of nitrogens with zero attached hydrogens (tertiary/aromatic N) is 3. The molecule has 3 nitrogen and oxygen atoms in total. The Kier molecular flexibility index (Phi) is 3.86. The van der Waals surface area contributed by atoms with E-state index < -0.39 is 0 Å². The van der Waals surface area contributed by atoms with Crippen LogP contribution in [0.4, 0.5) is 0 Å². The Morgan fingerprint density at radius 1 is 0.857 bits per heavy atom. The van der Waals surface area contributed by atoms with Gasteiger partial charge in [-0.3, -0.25) is 0 Å². The summed E-state index contributed by atoms with van der Waals surface area (Å²) in [6, 6.07) is 12.9. The van der Waals surface area contributed by atoms with E-state index in [1.54, 1.807) is 12.3 Å². The van der Waals surface area contributed by atoms with Crippen LogP contribution in [-0.4, -0.2) is 15.0 Å². The Bertz CT molecular complexity index is 783. The zero-order chi connectivity index (χ0) is 14.8. The lowest BCUT2D eigenvalue weighted by molar-refractivity contribution is 1.09. The first-order chi connectivity index (χ1) is 10.1. The molecule has 3 rings (SSSR count). The molecule has 21 heavy (non-hydrogen) atoms. The lowest BCUT2D eigenvalue weighted by atomic mass is 10.1. The van der Waals surface area contributed by atoms with Crippen molar-refractivity contribution in [1.82, 2.24) is 15.0 Å². The minimum Gasteiger partial charge on any atom is -0.244 e. The predicted molar refractivity (Wildman–Crippen MR) is 85.5 cm³/mol. The molecule has 0 radical (unpaired) electrons. The first kappa shape index (κ1) is 14.0. The lowest BCUT2D eigenvalue weighted by Crippen LogP contribution is -1.94. The van der Waals surface area contributed by atoms with Gasteiger partial charge in [0.25, 0.3) is 0 Å². The smallest absolute Gasteiger partial charge is 0.178 e. The predicted octanol–water partition coefficient (Wildman–Crippen LogP) is 4.82. The Balaban J connectivity index is 2.08. The van der Waals surface area contributed by atoms with Crippen LogP contribution < -0.4 is 0 Å². The van der Waals surface area contributed by atoms with Crippen LogP contribution >= 0.6 is 23.2 Å². The molecule has 0 saturated heterocycles. The molecule has 0 aliphatic heterocycles. The van der Waals surface area contributed by atoms with Crippen LogP contribution in [0.1, 0.15) is 5.69 Å². The zero-order valence-electron chi connectivity index (χ0n) is 11.2. The van der Waals surface area contributed by atoms with Crippen LogP contribution in [0.3, 0.4) is 0 Å². The van der Waals surface area contributed by atoms with E-state index in [9.17, 15) is 0 Å². The van der Waals surface area contributed by atoms with Crippen molar-refractivity contribution in [3.05, 3.63) is 64.4 Å². The van der Waals surface area contributed by atoms with Gasteiger partial charge in [0.2, 0.25) is 0 Å². The number of hydrogen-bond acceptors (Lipinski definition) is 3.